The van der Waals surface area contributed by atoms with Gasteiger partial charge in [-0.25, -0.2) is 9.18 Å². The maximum Gasteiger partial charge on any atom is 0.328 e. The summed E-state index contributed by atoms with van der Waals surface area (Å²) in [5.41, 5.74) is 0.888. The van der Waals surface area contributed by atoms with Gasteiger partial charge in [-0.2, -0.15) is 0 Å². The number of benzene rings is 2. The Hall–Kier alpha value is -3.20. The summed E-state index contributed by atoms with van der Waals surface area (Å²) in [5.74, 6) is -1.24. The highest BCUT2D eigenvalue weighted by Crippen LogP contribution is 2.37. The zero-order valence-corrected chi connectivity index (χ0v) is 16.1. The molecule has 1 heterocycles. The van der Waals surface area contributed by atoms with Gasteiger partial charge in [0.25, 0.3) is 11.8 Å². The van der Waals surface area contributed by atoms with Crippen molar-refractivity contribution in [3.05, 3.63) is 63.4 Å². The van der Waals surface area contributed by atoms with Crippen LogP contribution in [0.15, 0.2) is 46.4 Å². The monoisotopic (exact) mass is 448 g/mol. The molecule has 7 nitrogen and oxygen atoms in total. The van der Waals surface area contributed by atoms with Crippen LogP contribution in [0.3, 0.4) is 0 Å². The molecular weight excluding hydrogens is 435 g/mol. The largest absolute Gasteiger partial charge is 0.493 e. The van der Waals surface area contributed by atoms with Gasteiger partial charge in [-0.05, 0) is 57.4 Å². The van der Waals surface area contributed by atoms with E-state index in [1.165, 1.54) is 25.3 Å². The number of hydrogen-bond donors (Lipinski definition) is 2. The number of imide groups is 2. The smallest absolute Gasteiger partial charge is 0.328 e. The Labute approximate surface area is 167 Å². The molecule has 1 fully saturated rings. The summed E-state index contributed by atoms with van der Waals surface area (Å²) >= 11 is 3.37. The molecule has 0 spiro atoms. The van der Waals surface area contributed by atoms with Crippen molar-refractivity contribution in [2.24, 2.45) is 0 Å². The third-order valence-corrected chi connectivity index (χ3v) is 4.37. The van der Waals surface area contributed by atoms with Gasteiger partial charge in [0.05, 0.1) is 11.6 Å². The molecule has 9 heteroatoms. The van der Waals surface area contributed by atoms with Crippen molar-refractivity contribution < 1.29 is 28.2 Å². The van der Waals surface area contributed by atoms with Crippen LogP contribution in [0.1, 0.15) is 11.1 Å². The van der Waals surface area contributed by atoms with Gasteiger partial charge < -0.3 is 9.47 Å². The van der Waals surface area contributed by atoms with Crippen molar-refractivity contribution >= 4 is 39.9 Å². The highest BCUT2D eigenvalue weighted by atomic mass is 79.9. The SMILES string of the molecule is COc1cc(C=C2C(=O)NC(=O)NC2=O)cc(Br)c1OCc1cccc(F)c1. The highest BCUT2D eigenvalue weighted by molar-refractivity contribution is 9.10. The topological polar surface area (TPSA) is 93.7 Å². The molecule has 2 aromatic carbocycles. The number of halogens is 2. The van der Waals surface area contributed by atoms with E-state index in [0.717, 1.165) is 0 Å². The molecule has 0 aliphatic carbocycles. The Bertz CT molecular complexity index is 984. The zero-order chi connectivity index (χ0) is 20.3. The number of nitrogens with one attached hydrogen (secondary N) is 2. The van der Waals surface area contributed by atoms with Crippen LogP contribution in [0, 0.1) is 5.82 Å². The molecule has 2 aromatic rings. The summed E-state index contributed by atoms with van der Waals surface area (Å²) in [4.78, 5) is 34.8. The Balaban J connectivity index is 1.87. The normalized spacial score (nSPS) is 13.7. The molecule has 0 aromatic heterocycles. The average Bonchev–Trinajstić information content (AvgIpc) is 2.63. The molecule has 2 N–H and O–H groups in total. The molecule has 28 heavy (non-hydrogen) atoms. The van der Waals surface area contributed by atoms with Gasteiger partial charge in [0.15, 0.2) is 11.5 Å². The minimum atomic E-state index is -0.869. The molecular formula is C19H14BrFN2O5. The summed E-state index contributed by atoms with van der Waals surface area (Å²) < 4.78 is 24.9. The summed E-state index contributed by atoms with van der Waals surface area (Å²) in [7, 11) is 1.44. The van der Waals surface area contributed by atoms with Gasteiger partial charge >= 0.3 is 6.03 Å². The van der Waals surface area contributed by atoms with Gasteiger partial charge in [0.1, 0.15) is 18.0 Å². The molecule has 0 atom stereocenters. The second-order valence-corrected chi connectivity index (χ2v) is 6.60. The van der Waals surface area contributed by atoms with Crippen molar-refractivity contribution in [3.8, 4) is 11.5 Å². The lowest BCUT2D eigenvalue weighted by atomic mass is 10.1. The molecule has 1 aliphatic rings. The lowest BCUT2D eigenvalue weighted by molar-refractivity contribution is -0.123. The molecule has 1 aliphatic heterocycles. The van der Waals surface area contributed by atoms with E-state index in [1.807, 2.05) is 10.6 Å². The predicted octanol–water partition coefficient (Wildman–Crippen LogP) is 2.93. The van der Waals surface area contributed by atoms with Crippen molar-refractivity contribution in [2.45, 2.75) is 6.61 Å². The number of hydrogen-bond acceptors (Lipinski definition) is 5. The molecule has 3 rings (SSSR count). The first-order valence-electron chi connectivity index (χ1n) is 8.00. The highest BCUT2D eigenvalue weighted by Gasteiger charge is 2.27. The Morgan fingerprint density at radius 3 is 2.46 bits per heavy atom. The van der Waals surface area contributed by atoms with Gasteiger partial charge in [0.2, 0.25) is 0 Å². The van der Waals surface area contributed by atoms with Crippen molar-refractivity contribution in [2.75, 3.05) is 7.11 Å². The minimum Gasteiger partial charge on any atom is -0.493 e. The van der Waals surface area contributed by atoms with Crippen molar-refractivity contribution in [3.63, 3.8) is 0 Å². The molecule has 0 unspecified atom stereocenters. The van der Waals surface area contributed by atoms with Crippen molar-refractivity contribution in [1.29, 1.82) is 0 Å². The van der Waals surface area contributed by atoms with Crippen LogP contribution in [0.2, 0.25) is 0 Å². The van der Waals surface area contributed by atoms with E-state index >= 15 is 0 Å². The predicted molar refractivity (Wildman–Crippen MR) is 101 cm³/mol. The first kappa shape index (κ1) is 19.6. The van der Waals surface area contributed by atoms with E-state index < -0.39 is 17.8 Å². The lowest BCUT2D eigenvalue weighted by Gasteiger charge is -2.16. The van der Waals surface area contributed by atoms with Crippen LogP contribution in [0.25, 0.3) is 6.08 Å². The van der Waals surface area contributed by atoms with E-state index in [-0.39, 0.29) is 18.0 Å². The quantitative estimate of drug-likeness (QED) is 0.541. The van der Waals surface area contributed by atoms with E-state index in [4.69, 9.17) is 9.47 Å². The average molecular weight is 449 g/mol. The Kier molecular flexibility index (Phi) is 5.74. The summed E-state index contributed by atoms with van der Waals surface area (Å²) in [6.45, 7) is 0.111. The van der Waals surface area contributed by atoms with Crippen LogP contribution in [-0.4, -0.2) is 25.0 Å². The number of rotatable bonds is 5. The van der Waals surface area contributed by atoms with Gasteiger partial charge in [-0.3, -0.25) is 20.2 Å². The zero-order valence-electron chi connectivity index (χ0n) is 14.5. The van der Waals surface area contributed by atoms with E-state index in [9.17, 15) is 18.8 Å². The molecule has 0 bridgehead atoms. The number of amides is 4. The second kappa shape index (κ2) is 8.22. The third kappa shape index (κ3) is 4.37. The number of carbonyl (C=O) groups is 3. The third-order valence-electron chi connectivity index (χ3n) is 3.78. The minimum absolute atomic E-state index is 0.111. The van der Waals surface area contributed by atoms with E-state index in [0.29, 0.717) is 27.1 Å². The number of carbonyl (C=O) groups excluding carboxylic acids is 3. The van der Waals surface area contributed by atoms with Crippen molar-refractivity contribution in [1.82, 2.24) is 10.6 Å². The molecule has 1 saturated heterocycles. The first-order chi connectivity index (χ1) is 13.4. The number of ether oxygens (including phenoxy) is 2. The maximum atomic E-state index is 13.3. The maximum absolute atomic E-state index is 13.3. The standard InChI is InChI=1S/C19H14BrFN2O5/c1-27-15-8-11(6-13-17(24)22-19(26)23-18(13)25)7-14(20)16(15)28-9-10-3-2-4-12(21)5-10/h2-8H,9H2,1H3,(H2,22,23,24,25,26). The molecule has 4 amide bonds. The second-order valence-electron chi connectivity index (χ2n) is 5.75. The lowest BCUT2D eigenvalue weighted by Crippen LogP contribution is -2.51. The van der Waals surface area contributed by atoms with Gasteiger partial charge in [-0.15, -0.1) is 0 Å². The summed E-state index contributed by atoms with van der Waals surface area (Å²) in [6, 6.07) is 8.33. The number of urea groups is 1. The van der Waals surface area contributed by atoms with Crippen LogP contribution in [0.4, 0.5) is 9.18 Å². The number of barbiturate groups is 1. The summed E-state index contributed by atoms with van der Waals surface area (Å²) in [5, 5.41) is 4.00. The Morgan fingerprint density at radius 1 is 1.11 bits per heavy atom. The molecule has 144 valence electrons. The number of methoxy groups -OCH3 is 1. The van der Waals surface area contributed by atoms with Gasteiger partial charge in [-0.1, -0.05) is 12.1 Å². The molecule has 0 saturated carbocycles. The van der Waals surface area contributed by atoms with Crippen LogP contribution < -0.4 is 20.1 Å². The van der Waals surface area contributed by atoms with Crippen LogP contribution in [0.5, 0.6) is 11.5 Å². The fraction of sp³-hybridized carbons (Fsp3) is 0.105. The fourth-order valence-corrected chi connectivity index (χ4v) is 3.09. The molecule has 0 radical (unpaired) electrons. The van der Waals surface area contributed by atoms with Crippen LogP contribution >= 0.6 is 15.9 Å². The van der Waals surface area contributed by atoms with E-state index in [1.54, 1.807) is 24.3 Å². The van der Waals surface area contributed by atoms with E-state index in [2.05, 4.69) is 15.9 Å². The van der Waals surface area contributed by atoms with Gasteiger partial charge in [0, 0.05) is 0 Å². The summed E-state index contributed by atoms with van der Waals surface area (Å²) in [6.07, 6.45) is 1.32. The first-order valence-corrected chi connectivity index (χ1v) is 8.80. The fourth-order valence-electron chi connectivity index (χ4n) is 2.52. The van der Waals surface area contributed by atoms with Crippen LogP contribution in [-0.2, 0) is 16.2 Å². The Morgan fingerprint density at radius 2 is 1.82 bits per heavy atom.